The minimum absolute atomic E-state index is 0.262. The third-order valence-electron chi connectivity index (χ3n) is 5.58. The second-order valence-corrected chi connectivity index (χ2v) is 7.36. The fourth-order valence-electron chi connectivity index (χ4n) is 4.17. The molecule has 32 heavy (non-hydrogen) atoms. The molecule has 0 fully saturated rings. The van der Waals surface area contributed by atoms with Gasteiger partial charge in [0.15, 0.2) is 5.82 Å². The molecule has 0 spiro atoms. The largest absolute Gasteiger partial charge is 0.449 e. The normalized spacial score (nSPS) is 11.4. The zero-order valence-corrected chi connectivity index (χ0v) is 16.4. The van der Waals surface area contributed by atoms with E-state index in [2.05, 4.69) is 4.98 Å². The van der Waals surface area contributed by atoms with Crippen LogP contribution in [-0.4, -0.2) is 4.98 Å². The minimum Gasteiger partial charge on any atom is -0.449 e. The molecule has 0 amide bonds. The molecule has 0 bridgehead atoms. The maximum atomic E-state index is 14.4. The summed E-state index contributed by atoms with van der Waals surface area (Å²) >= 11 is 0. The van der Waals surface area contributed by atoms with E-state index >= 15 is 0 Å². The number of halogens is 2. The van der Waals surface area contributed by atoms with Gasteiger partial charge >= 0.3 is 0 Å². The van der Waals surface area contributed by atoms with Crippen LogP contribution in [0.15, 0.2) is 81.6 Å². The van der Waals surface area contributed by atoms with Gasteiger partial charge < -0.3 is 8.83 Å². The van der Waals surface area contributed by atoms with E-state index in [9.17, 15) is 14.0 Å². The van der Waals surface area contributed by atoms with Gasteiger partial charge in [0.05, 0.1) is 0 Å². The number of nitrogens with zero attached hydrogens (tertiary/aromatic N) is 2. The lowest BCUT2D eigenvalue weighted by Crippen LogP contribution is -1.96. The van der Waals surface area contributed by atoms with Crippen molar-refractivity contribution in [3.63, 3.8) is 0 Å². The van der Waals surface area contributed by atoms with E-state index < -0.39 is 17.3 Å². The smallest absolute Gasteiger partial charge is 0.267 e. The van der Waals surface area contributed by atoms with Crippen molar-refractivity contribution in [1.82, 2.24) is 4.98 Å². The molecule has 6 rings (SSSR count). The lowest BCUT2D eigenvalue weighted by atomic mass is 9.98. The van der Waals surface area contributed by atoms with E-state index in [1.54, 1.807) is 18.2 Å². The van der Waals surface area contributed by atoms with Gasteiger partial charge in [0.1, 0.15) is 22.8 Å². The van der Waals surface area contributed by atoms with Gasteiger partial charge in [-0.3, -0.25) is 0 Å². The predicted octanol–water partition coefficient (Wildman–Crippen LogP) is 7.31. The van der Waals surface area contributed by atoms with Crippen molar-refractivity contribution in [3.8, 4) is 6.07 Å². The van der Waals surface area contributed by atoms with Crippen LogP contribution in [0, 0.1) is 23.1 Å². The van der Waals surface area contributed by atoms with Crippen molar-refractivity contribution in [3.05, 3.63) is 90.1 Å². The summed E-state index contributed by atoms with van der Waals surface area (Å²) < 4.78 is 40.5. The molecule has 0 saturated carbocycles. The fourth-order valence-corrected chi connectivity index (χ4v) is 4.17. The number of rotatable bonds is 0. The Kier molecular flexibility index (Phi) is 3.86. The monoisotopic (exact) mass is 422 g/mol. The minimum atomic E-state index is -1.43. The lowest BCUT2D eigenvalue weighted by molar-refractivity contribution is 0.468. The van der Waals surface area contributed by atoms with Crippen molar-refractivity contribution in [2.75, 3.05) is 0 Å². The number of hydrogen-bond acceptors (Lipinski definition) is 4. The van der Waals surface area contributed by atoms with Gasteiger partial charge in [-0.15, -0.1) is 0 Å². The molecule has 0 aliphatic carbocycles. The topological polar surface area (TPSA) is 63.0 Å². The zero-order valence-electron chi connectivity index (χ0n) is 16.4. The third-order valence-corrected chi connectivity index (χ3v) is 5.58. The molecular weight excluding hydrogens is 410 g/mol. The van der Waals surface area contributed by atoms with Crippen LogP contribution in [0.2, 0.25) is 0 Å². The van der Waals surface area contributed by atoms with Gasteiger partial charge in [0.2, 0.25) is 5.58 Å². The first-order valence-corrected chi connectivity index (χ1v) is 9.84. The zero-order chi connectivity index (χ0) is 21.8. The maximum Gasteiger partial charge on any atom is 0.267 e. The highest BCUT2D eigenvalue weighted by atomic mass is 19.2. The molecule has 6 aromatic rings. The molecule has 0 saturated heterocycles. The van der Waals surface area contributed by atoms with Crippen LogP contribution in [0.25, 0.3) is 54.8 Å². The Balaban J connectivity index is 2.04. The van der Waals surface area contributed by atoms with Gasteiger partial charge in [-0.1, -0.05) is 60.7 Å². The summed E-state index contributed by atoms with van der Waals surface area (Å²) in [4.78, 5) is 3.60. The average molecular weight is 422 g/mol. The SMILES string of the molecule is N#Cc1c(F)c(F)nc2oc3ccc4ccccc4c3c3c(ccc4ccccc43)oc12. The van der Waals surface area contributed by atoms with Crippen LogP contribution in [0.4, 0.5) is 8.78 Å². The molecule has 152 valence electrons. The Labute approximate surface area is 179 Å². The molecule has 2 aromatic heterocycles. The summed E-state index contributed by atoms with van der Waals surface area (Å²) in [5.41, 5.74) is -0.392. The number of benzene rings is 4. The first-order chi connectivity index (χ1) is 15.7. The van der Waals surface area contributed by atoms with Crippen molar-refractivity contribution in [2.45, 2.75) is 0 Å². The van der Waals surface area contributed by atoms with Crippen LogP contribution < -0.4 is 0 Å². The number of pyridine rings is 1. The summed E-state index contributed by atoms with van der Waals surface area (Å²) in [6.07, 6.45) is 0. The van der Waals surface area contributed by atoms with Crippen LogP contribution in [-0.2, 0) is 0 Å². The van der Waals surface area contributed by atoms with Gasteiger partial charge in [-0.05, 0) is 33.7 Å². The standard InChI is InChI=1S/C26H12F2N2O2/c27-23-18(13-29)24-26(30-25(23)28)32-20-12-10-15-6-2-4-8-17(15)22(20)21-16-7-3-1-5-14(16)9-11-19(21)31-24/h1-12H. The van der Waals surface area contributed by atoms with E-state index in [0.717, 1.165) is 32.3 Å². The molecule has 0 aliphatic rings. The number of nitriles is 1. The van der Waals surface area contributed by atoms with Crippen molar-refractivity contribution < 1.29 is 17.6 Å². The second-order valence-electron chi connectivity index (χ2n) is 7.36. The Hall–Kier alpha value is -4.50. The molecule has 4 nitrogen and oxygen atoms in total. The van der Waals surface area contributed by atoms with E-state index in [1.807, 2.05) is 60.7 Å². The molecule has 2 heterocycles. The molecule has 0 unspecified atom stereocenters. The van der Waals surface area contributed by atoms with Crippen LogP contribution in [0.3, 0.4) is 0 Å². The summed E-state index contributed by atoms with van der Waals surface area (Å²) in [6.45, 7) is 0. The highest BCUT2D eigenvalue weighted by molar-refractivity contribution is 6.24. The van der Waals surface area contributed by atoms with E-state index in [1.165, 1.54) is 0 Å². The highest BCUT2D eigenvalue weighted by Gasteiger charge is 2.20. The summed E-state index contributed by atoms with van der Waals surface area (Å²) in [7, 11) is 0. The number of fused-ring (bicyclic) bond motifs is 8. The van der Waals surface area contributed by atoms with Crippen LogP contribution >= 0.6 is 0 Å². The molecule has 6 heteroatoms. The van der Waals surface area contributed by atoms with Crippen LogP contribution in [0.1, 0.15) is 5.56 Å². The first kappa shape index (κ1) is 18.3. The Morgan fingerprint density at radius 1 is 0.719 bits per heavy atom. The van der Waals surface area contributed by atoms with Crippen LogP contribution in [0.5, 0.6) is 0 Å². The summed E-state index contributed by atoms with van der Waals surface area (Å²) in [6, 6.07) is 24.5. The third kappa shape index (κ3) is 2.55. The lowest BCUT2D eigenvalue weighted by Gasteiger charge is -2.09. The predicted molar refractivity (Wildman–Crippen MR) is 119 cm³/mol. The van der Waals surface area contributed by atoms with E-state index in [0.29, 0.717) is 11.2 Å². The summed E-state index contributed by atoms with van der Waals surface area (Å²) in [5, 5.41) is 14.7. The average Bonchev–Trinajstić information content (AvgIpc) is 2.81. The van der Waals surface area contributed by atoms with Crippen molar-refractivity contribution in [2.24, 2.45) is 0 Å². The van der Waals surface area contributed by atoms with Crippen molar-refractivity contribution in [1.29, 1.82) is 5.26 Å². The van der Waals surface area contributed by atoms with E-state index in [-0.39, 0.29) is 11.3 Å². The number of hydrogen-bond donors (Lipinski definition) is 0. The molecule has 0 aliphatic heterocycles. The van der Waals surface area contributed by atoms with Gasteiger partial charge in [-0.25, -0.2) is 4.39 Å². The van der Waals surface area contributed by atoms with Gasteiger partial charge in [0.25, 0.3) is 11.7 Å². The first-order valence-electron chi connectivity index (χ1n) is 9.84. The quantitative estimate of drug-likeness (QED) is 0.241. The number of aromatic nitrogens is 1. The maximum absolute atomic E-state index is 14.4. The molecule has 0 radical (unpaired) electrons. The Morgan fingerprint density at radius 2 is 1.28 bits per heavy atom. The van der Waals surface area contributed by atoms with E-state index in [4.69, 9.17) is 8.83 Å². The highest BCUT2D eigenvalue weighted by Crippen LogP contribution is 2.37. The van der Waals surface area contributed by atoms with Crippen molar-refractivity contribution >= 4 is 54.8 Å². The Bertz CT molecular complexity index is 1830. The second kappa shape index (κ2) is 6.76. The summed E-state index contributed by atoms with van der Waals surface area (Å²) in [5.74, 6) is -2.80. The molecule has 0 atom stereocenters. The molecule has 0 N–H and O–H groups in total. The van der Waals surface area contributed by atoms with Gasteiger partial charge in [-0.2, -0.15) is 14.6 Å². The van der Waals surface area contributed by atoms with Gasteiger partial charge in [0, 0.05) is 10.8 Å². The molecule has 4 aromatic carbocycles. The Morgan fingerprint density at radius 3 is 1.88 bits per heavy atom. The fraction of sp³-hybridized carbons (Fsp3) is 0. The molecular formula is C26H12F2N2O2.